The Morgan fingerprint density at radius 1 is 0.912 bits per heavy atom. The normalized spacial score (nSPS) is 11.2. The second-order valence-electron chi connectivity index (χ2n) is 9.14. The SMILES string of the molecule is Cc1ccc(CN(Cc2ccc(F)cc2)C(=O)CN(C(=O)COc2ccccc2)C(C)(C)C)o1. The average Bonchev–Trinajstić information content (AvgIpc) is 3.21. The molecule has 6 nitrogen and oxygen atoms in total. The Labute approximate surface area is 199 Å². The standard InChI is InChI=1S/C27H31FN2O4/c1-20-10-15-24(34-20)17-29(16-21-11-13-22(28)14-12-21)25(31)18-30(27(2,3)4)26(32)19-33-23-8-6-5-7-9-23/h5-15H,16-19H2,1-4H3. The van der Waals surface area contributed by atoms with Gasteiger partial charge in [-0.1, -0.05) is 30.3 Å². The van der Waals surface area contributed by atoms with Crippen molar-refractivity contribution in [1.29, 1.82) is 0 Å². The molecule has 1 aromatic heterocycles. The van der Waals surface area contributed by atoms with Crippen LogP contribution in [-0.4, -0.2) is 40.3 Å². The Kier molecular flexibility index (Phi) is 8.10. The van der Waals surface area contributed by atoms with E-state index in [1.54, 1.807) is 29.2 Å². The third-order valence-electron chi connectivity index (χ3n) is 5.29. The van der Waals surface area contributed by atoms with Crippen molar-refractivity contribution >= 4 is 11.8 Å². The number of ether oxygens (including phenoxy) is 1. The quantitative estimate of drug-likeness (QED) is 0.447. The van der Waals surface area contributed by atoms with Crippen molar-refractivity contribution in [3.63, 3.8) is 0 Å². The molecule has 0 aliphatic heterocycles. The van der Waals surface area contributed by atoms with Crippen LogP contribution in [0.2, 0.25) is 0 Å². The van der Waals surface area contributed by atoms with E-state index in [1.165, 1.54) is 17.0 Å². The van der Waals surface area contributed by atoms with Crippen LogP contribution in [0, 0.1) is 12.7 Å². The van der Waals surface area contributed by atoms with Gasteiger partial charge in [-0.05, 0) is 69.7 Å². The fourth-order valence-electron chi connectivity index (χ4n) is 3.48. The summed E-state index contributed by atoms with van der Waals surface area (Å²) in [5.74, 6) is 1.08. The van der Waals surface area contributed by atoms with Gasteiger partial charge in [0.2, 0.25) is 5.91 Å². The molecule has 0 radical (unpaired) electrons. The van der Waals surface area contributed by atoms with Crippen LogP contribution in [0.4, 0.5) is 4.39 Å². The van der Waals surface area contributed by atoms with Gasteiger partial charge >= 0.3 is 0 Å². The number of carbonyl (C=O) groups excluding carboxylic acids is 2. The van der Waals surface area contributed by atoms with E-state index in [9.17, 15) is 14.0 Å². The number of benzene rings is 2. The summed E-state index contributed by atoms with van der Waals surface area (Å²) < 4.78 is 24.7. The molecule has 3 rings (SSSR count). The third kappa shape index (κ3) is 7.20. The zero-order valence-electron chi connectivity index (χ0n) is 20.1. The van der Waals surface area contributed by atoms with Crippen molar-refractivity contribution < 1.29 is 23.1 Å². The maximum Gasteiger partial charge on any atom is 0.261 e. The zero-order chi connectivity index (χ0) is 24.7. The lowest BCUT2D eigenvalue weighted by Gasteiger charge is -2.36. The summed E-state index contributed by atoms with van der Waals surface area (Å²) in [6.07, 6.45) is 0. The fourth-order valence-corrected chi connectivity index (χ4v) is 3.48. The molecule has 0 spiro atoms. The molecule has 2 amide bonds. The molecule has 0 N–H and O–H groups in total. The van der Waals surface area contributed by atoms with Crippen LogP contribution in [0.25, 0.3) is 0 Å². The van der Waals surface area contributed by atoms with E-state index in [1.807, 2.05) is 58.0 Å². The summed E-state index contributed by atoms with van der Waals surface area (Å²) in [5, 5.41) is 0. The first-order valence-corrected chi connectivity index (χ1v) is 11.2. The van der Waals surface area contributed by atoms with E-state index >= 15 is 0 Å². The van der Waals surface area contributed by atoms with E-state index in [0.29, 0.717) is 11.5 Å². The molecule has 0 saturated carbocycles. The molecule has 34 heavy (non-hydrogen) atoms. The molecule has 1 heterocycles. The van der Waals surface area contributed by atoms with Crippen molar-refractivity contribution in [3.05, 3.63) is 89.6 Å². The van der Waals surface area contributed by atoms with Crippen molar-refractivity contribution in [3.8, 4) is 5.75 Å². The molecule has 7 heteroatoms. The Morgan fingerprint density at radius 2 is 1.59 bits per heavy atom. The minimum atomic E-state index is -0.602. The van der Waals surface area contributed by atoms with Crippen molar-refractivity contribution in [2.45, 2.75) is 46.3 Å². The maximum atomic E-state index is 13.4. The first-order chi connectivity index (χ1) is 16.1. The van der Waals surface area contributed by atoms with E-state index in [0.717, 1.165) is 11.3 Å². The van der Waals surface area contributed by atoms with Crippen LogP contribution < -0.4 is 4.74 Å². The highest BCUT2D eigenvalue weighted by Crippen LogP contribution is 2.18. The fraction of sp³-hybridized carbons (Fsp3) is 0.333. The Hall–Kier alpha value is -3.61. The summed E-state index contributed by atoms with van der Waals surface area (Å²) in [7, 11) is 0. The van der Waals surface area contributed by atoms with Crippen molar-refractivity contribution in [2.75, 3.05) is 13.2 Å². The van der Waals surface area contributed by atoms with Gasteiger partial charge in [0.15, 0.2) is 6.61 Å². The average molecular weight is 467 g/mol. The first-order valence-electron chi connectivity index (χ1n) is 11.2. The van der Waals surface area contributed by atoms with E-state index in [2.05, 4.69) is 0 Å². The number of para-hydroxylation sites is 1. The highest BCUT2D eigenvalue weighted by Gasteiger charge is 2.30. The summed E-state index contributed by atoms with van der Waals surface area (Å²) in [6.45, 7) is 7.65. The predicted molar refractivity (Wildman–Crippen MR) is 128 cm³/mol. The Bertz CT molecular complexity index is 1090. The number of hydrogen-bond acceptors (Lipinski definition) is 4. The van der Waals surface area contributed by atoms with Crippen LogP contribution in [-0.2, 0) is 22.7 Å². The van der Waals surface area contributed by atoms with Gasteiger partial charge in [-0.25, -0.2) is 4.39 Å². The first kappa shape index (κ1) is 25.0. The molecule has 0 aliphatic rings. The van der Waals surface area contributed by atoms with Crippen LogP contribution >= 0.6 is 0 Å². The third-order valence-corrected chi connectivity index (χ3v) is 5.29. The lowest BCUT2D eigenvalue weighted by molar-refractivity contribution is -0.146. The minimum Gasteiger partial charge on any atom is -0.484 e. The number of hydrogen-bond donors (Lipinski definition) is 0. The van der Waals surface area contributed by atoms with Crippen LogP contribution in [0.5, 0.6) is 5.75 Å². The molecule has 0 saturated heterocycles. The van der Waals surface area contributed by atoms with Crippen LogP contribution in [0.15, 0.2) is 71.1 Å². The highest BCUT2D eigenvalue weighted by molar-refractivity contribution is 5.86. The number of halogens is 1. The van der Waals surface area contributed by atoms with Crippen LogP contribution in [0.1, 0.15) is 37.9 Å². The molecule has 2 aromatic carbocycles. The molecule has 3 aromatic rings. The Morgan fingerprint density at radius 3 is 2.18 bits per heavy atom. The monoisotopic (exact) mass is 466 g/mol. The van der Waals surface area contributed by atoms with E-state index < -0.39 is 5.54 Å². The van der Waals surface area contributed by atoms with Crippen molar-refractivity contribution in [1.82, 2.24) is 9.80 Å². The van der Waals surface area contributed by atoms with Gasteiger partial charge in [0.25, 0.3) is 5.91 Å². The number of furan rings is 1. The summed E-state index contributed by atoms with van der Waals surface area (Å²) in [5.41, 5.74) is 0.175. The highest BCUT2D eigenvalue weighted by atomic mass is 19.1. The number of aryl methyl sites for hydroxylation is 1. The second-order valence-corrected chi connectivity index (χ2v) is 9.14. The number of amides is 2. The maximum absolute atomic E-state index is 13.4. The molecular weight excluding hydrogens is 435 g/mol. The van der Waals surface area contributed by atoms with Gasteiger partial charge in [0, 0.05) is 12.1 Å². The lowest BCUT2D eigenvalue weighted by Crippen LogP contribution is -2.52. The van der Waals surface area contributed by atoms with Gasteiger partial charge in [0.1, 0.15) is 29.6 Å². The summed E-state index contributed by atoms with van der Waals surface area (Å²) >= 11 is 0. The van der Waals surface area contributed by atoms with Gasteiger partial charge in [-0.2, -0.15) is 0 Å². The van der Waals surface area contributed by atoms with Gasteiger partial charge in [0.05, 0.1) is 6.54 Å². The van der Waals surface area contributed by atoms with Gasteiger partial charge < -0.3 is 19.0 Å². The zero-order valence-corrected chi connectivity index (χ0v) is 20.1. The lowest BCUT2D eigenvalue weighted by atomic mass is 10.1. The van der Waals surface area contributed by atoms with E-state index in [-0.39, 0.29) is 43.9 Å². The molecule has 0 bridgehead atoms. The number of nitrogens with zero attached hydrogens (tertiary/aromatic N) is 2. The summed E-state index contributed by atoms with van der Waals surface area (Å²) in [6, 6.07) is 18.7. The summed E-state index contributed by atoms with van der Waals surface area (Å²) in [4.78, 5) is 29.6. The molecule has 0 fully saturated rings. The van der Waals surface area contributed by atoms with Crippen molar-refractivity contribution in [2.24, 2.45) is 0 Å². The molecule has 0 aliphatic carbocycles. The molecule has 180 valence electrons. The number of rotatable bonds is 9. The van der Waals surface area contributed by atoms with Gasteiger partial charge in [-0.15, -0.1) is 0 Å². The Balaban J connectivity index is 1.75. The molecule has 0 atom stereocenters. The van der Waals surface area contributed by atoms with Gasteiger partial charge in [-0.3, -0.25) is 9.59 Å². The molecular formula is C27H31FN2O4. The topological polar surface area (TPSA) is 63.0 Å². The second kappa shape index (κ2) is 11.0. The van der Waals surface area contributed by atoms with E-state index in [4.69, 9.17) is 9.15 Å². The number of carbonyl (C=O) groups is 2. The van der Waals surface area contributed by atoms with Crippen LogP contribution in [0.3, 0.4) is 0 Å². The minimum absolute atomic E-state index is 0.124. The smallest absolute Gasteiger partial charge is 0.261 e. The molecule has 0 unspecified atom stereocenters. The predicted octanol–water partition coefficient (Wildman–Crippen LogP) is 4.96. The largest absolute Gasteiger partial charge is 0.484 e.